The van der Waals surface area contributed by atoms with Gasteiger partial charge in [-0.25, -0.2) is 5.14 Å². The highest BCUT2D eigenvalue weighted by Gasteiger charge is 2.28. The smallest absolute Gasteiger partial charge is 0.299 e. The van der Waals surface area contributed by atoms with Gasteiger partial charge in [0.2, 0.25) is 0 Å². The maximum Gasteiger partial charge on any atom is 0.299 e. The number of hydrogen-bond acceptors (Lipinski definition) is 3. The number of rotatable bonds is 1. The lowest BCUT2D eigenvalue weighted by atomic mass is 10.1. The average Bonchev–Trinajstić information content (AvgIpc) is 2.47. The fraction of sp³-hybridized carbons (Fsp3) is 0.250. The van der Waals surface area contributed by atoms with Crippen molar-refractivity contribution in [1.29, 1.82) is 0 Å². The number of hydrogen-bond donors (Lipinski definition) is 2. The van der Waals surface area contributed by atoms with E-state index in [1.165, 1.54) is 0 Å². The van der Waals surface area contributed by atoms with Gasteiger partial charge in [0.25, 0.3) is 10.2 Å². The molecule has 1 aliphatic rings. The molecule has 4 N–H and O–H groups in total. The highest BCUT2D eigenvalue weighted by molar-refractivity contribution is 7.90. The van der Waals surface area contributed by atoms with E-state index in [9.17, 15) is 8.42 Å². The molecule has 0 fully saturated rings. The van der Waals surface area contributed by atoms with Crippen molar-refractivity contribution in [1.82, 2.24) is 0 Å². The van der Waals surface area contributed by atoms with E-state index >= 15 is 0 Å². The lowest BCUT2D eigenvalue weighted by Gasteiger charge is -2.17. The van der Waals surface area contributed by atoms with Gasteiger partial charge in [-0.1, -0.05) is 12.1 Å². The molecule has 2 rings (SSSR count). The van der Waals surface area contributed by atoms with Crippen LogP contribution in [0.3, 0.4) is 0 Å². The summed E-state index contributed by atoms with van der Waals surface area (Å²) in [6.45, 7) is 0.377. The molecule has 0 aromatic heterocycles. The zero-order valence-corrected chi connectivity index (χ0v) is 8.29. The predicted molar refractivity (Wildman–Crippen MR) is 55.0 cm³/mol. The predicted octanol–water partition coefficient (Wildman–Crippen LogP) is -0.165. The quantitative estimate of drug-likeness (QED) is 0.635. The molecule has 0 amide bonds. The Kier molecular flexibility index (Phi) is 1.90. The number of fused-ring (bicyclic) bond motifs is 1. The third kappa shape index (κ3) is 1.32. The van der Waals surface area contributed by atoms with Crippen molar-refractivity contribution in [3.05, 3.63) is 23.8 Å². The van der Waals surface area contributed by atoms with E-state index in [-0.39, 0.29) is 0 Å². The van der Waals surface area contributed by atoms with Crippen LogP contribution in [0.25, 0.3) is 0 Å². The zero-order valence-electron chi connectivity index (χ0n) is 7.47. The molecule has 0 atom stereocenters. The van der Waals surface area contributed by atoms with Crippen molar-refractivity contribution in [2.45, 2.75) is 6.42 Å². The lowest BCUT2D eigenvalue weighted by Crippen LogP contribution is -2.35. The Morgan fingerprint density at radius 3 is 2.71 bits per heavy atom. The third-order valence-corrected chi connectivity index (χ3v) is 3.27. The van der Waals surface area contributed by atoms with Crippen LogP contribution in [0.2, 0.25) is 0 Å². The number of benzene rings is 1. The number of nitrogen functional groups attached to an aromatic ring is 1. The second kappa shape index (κ2) is 2.86. The largest absolute Gasteiger partial charge is 0.397 e. The standard InChI is InChI=1S/C8H11N3O2S/c9-7-3-1-2-6-4-5-11(8(6)7)14(10,12)13/h1-3H,4-5,9H2,(H2,10,12,13). The van der Waals surface area contributed by atoms with Crippen molar-refractivity contribution in [2.24, 2.45) is 5.14 Å². The van der Waals surface area contributed by atoms with Crippen molar-refractivity contribution in [2.75, 3.05) is 16.6 Å². The fourth-order valence-electron chi connectivity index (χ4n) is 1.71. The second-order valence-corrected chi connectivity index (χ2v) is 4.69. The number of nitrogens with two attached hydrogens (primary N) is 2. The molecule has 1 aromatic carbocycles. The first-order valence-electron chi connectivity index (χ1n) is 4.18. The molecule has 1 heterocycles. The Morgan fingerprint density at radius 1 is 1.36 bits per heavy atom. The van der Waals surface area contributed by atoms with Crippen LogP contribution < -0.4 is 15.2 Å². The van der Waals surface area contributed by atoms with Gasteiger partial charge < -0.3 is 5.73 Å². The zero-order chi connectivity index (χ0) is 10.3. The Bertz CT molecular complexity index is 469. The van der Waals surface area contributed by atoms with Gasteiger partial charge in [-0.05, 0) is 18.1 Å². The van der Waals surface area contributed by atoms with Crippen LogP contribution in [0.5, 0.6) is 0 Å². The van der Waals surface area contributed by atoms with Crippen molar-refractivity contribution in [3.8, 4) is 0 Å². The summed E-state index contributed by atoms with van der Waals surface area (Å²) in [5.41, 5.74) is 7.62. The molecular formula is C8H11N3O2S. The van der Waals surface area contributed by atoms with E-state index in [1.807, 2.05) is 6.07 Å². The first-order valence-corrected chi connectivity index (χ1v) is 5.68. The van der Waals surface area contributed by atoms with E-state index in [1.54, 1.807) is 12.1 Å². The molecule has 0 aliphatic carbocycles. The Labute approximate surface area is 82.5 Å². The maximum atomic E-state index is 11.2. The molecule has 1 aromatic rings. The topological polar surface area (TPSA) is 89.4 Å². The van der Waals surface area contributed by atoms with Gasteiger partial charge in [0.15, 0.2) is 0 Å². The molecule has 6 heteroatoms. The summed E-state index contributed by atoms with van der Waals surface area (Å²) in [5, 5.41) is 5.07. The molecule has 0 unspecified atom stereocenters. The van der Waals surface area contributed by atoms with Crippen molar-refractivity contribution < 1.29 is 8.42 Å². The van der Waals surface area contributed by atoms with Crippen LogP contribution in [0.1, 0.15) is 5.56 Å². The van der Waals surface area contributed by atoms with Gasteiger partial charge in [0.05, 0.1) is 11.4 Å². The van der Waals surface area contributed by atoms with E-state index in [0.717, 1.165) is 9.87 Å². The second-order valence-electron chi connectivity index (χ2n) is 3.22. The summed E-state index contributed by atoms with van der Waals surface area (Å²) in [6, 6.07) is 5.33. The summed E-state index contributed by atoms with van der Waals surface area (Å²) in [4.78, 5) is 0. The van der Waals surface area contributed by atoms with Crippen LogP contribution in [0, 0.1) is 0 Å². The summed E-state index contributed by atoms with van der Waals surface area (Å²) in [6.07, 6.45) is 0.663. The van der Waals surface area contributed by atoms with Gasteiger partial charge in [0, 0.05) is 6.54 Å². The number of anilines is 2. The molecular weight excluding hydrogens is 202 g/mol. The molecule has 0 saturated heterocycles. The molecule has 0 spiro atoms. The maximum absolute atomic E-state index is 11.2. The molecule has 76 valence electrons. The highest BCUT2D eigenvalue weighted by atomic mass is 32.2. The number of nitrogens with zero attached hydrogens (tertiary/aromatic N) is 1. The highest BCUT2D eigenvalue weighted by Crippen LogP contribution is 2.34. The van der Waals surface area contributed by atoms with Gasteiger partial charge >= 0.3 is 0 Å². The van der Waals surface area contributed by atoms with Gasteiger partial charge in [-0.2, -0.15) is 8.42 Å². The van der Waals surface area contributed by atoms with Crippen LogP contribution >= 0.6 is 0 Å². The molecule has 14 heavy (non-hydrogen) atoms. The Balaban J connectivity index is 2.59. The van der Waals surface area contributed by atoms with Crippen LogP contribution in [-0.2, 0) is 16.6 Å². The van der Waals surface area contributed by atoms with Crippen LogP contribution in [0.15, 0.2) is 18.2 Å². The molecule has 1 aliphatic heterocycles. The SMILES string of the molecule is Nc1cccc2c1N(S(N)(=O)=O)CC2. The summed E-state index contributed by atoms with van der Waals surface area (Å²) < 4.78 is 23.5. The molecule has 0 saturated carbocycles. The third-order valence-electron chi connectivity index (χ3n) is 2.29. The monoisotopic (exact) mass is 213 g/mol. The van der Waals surface area contributed by atoms with Crippen molar-refractivity contribution >= 4 is 21.6 Å². The average molecular weight is 213 g/mol. The van der Waals surface area contributed by atoms with Crippen LogP contribution in [-0.4, -0.2) is 15.0 Å². The fourth-order valence-corrected chi connectivity index (χ4v) is 2.53. The first-order chi connectivity index (χ1) is 6.50. The van der Waals surface area contributed by atoms with E-state index in [0.29, 0.717) is 24.3 Å². The van der Waals surface area contributed by atoms with Gasteiger partial charge in [0.1, 0.15) is 0 Å². The van der Waals surface area contributed by atoms with E-state index in [4.69, 9.17) is 10.9 Å². The summed E-state index contributed by atoms with van der Waals surface area (Å²) in [7, 11) is -3.69. The molecule has 5 nitrogen and oxygen atoms in total. The minimum Gasteiger partial charge on any atom is -0.397 e. The summed E-state index contributed by atoms with van der Waals surface area (Å²) in [5.74, 6) is 0. The Hall–Kier alpha value is -1.27. The van der Waals surface area contributed by atoms with Crippen molar-refractivity contribution in [3.63, 3.8) is 0 Å². The van der Waals surface area contributed by atoms with Gasteiger partial charge in [-0.15, -0.1) is 0 Å². The normalized spacial score (nSPS) is 15.6. The van der Waals surface area contributed by atoms with E-state index < -0.39 is 10.2 Å². The minimum absolute atomic E-state index is 0.377. The first kappa shape index (κ1) is 9.29. The number of para-hydroxylation sites is 1. The van der Waals surface area contributed by atoms with Gasteiger partial charge in [-0.3, -0.25) is 4.31 Å². The molecule has 0 radical (unpaired) electrons. The Morgan fingerprint density at radius 2 is 2.07 bits per heavy atom. The van der Waals surface area contributed by atoms with E-state index in [2.05, 4.69) is 0 Å². The summed E-state index contributed by atoms with van der Waals surface area (Å²) >= 11 is 0. The minimum atomic E-state index is -3.69. The lowest BCUT2D eigenvalue weighted by molar-refractivity contribution is 0.594. The molecule has 0 bridgehead atoms. The van der Waals surface area contributed by atoms with Crippen LogP contribution in [0.4, 0.5) is 11.4 Å².